The molecular formula is C10H11ClN2O3. The van der Waals surface area contributed by atoms with Gasteiger partial charge in [0.2, 0.25) is 0 Å². The summed E-state index contributed by atoms with van der Waals surface area (Å²) in [6.45, 7) is 1.67. The number of amides is 1. The van der Waals surface area contributed by atoms with E-state index in [4.69, 9.17) is 16.7 Å². The molecule has 1 heterocycles. The molecule has 5 nitrogen and oxygen atoms in total. The minimum Gasteiger partial charge on any atom is -0.480 e. The zero-order valence-corrected chi connectivity index (χ0v) is 9.36. The second-order valence-electron chi connectivity index (χ2n) is 3.13. The van der Waals surface area contributed by atoms with Crippen LogP contribution in [-0.4, -0.2) is 28.0 Å². The Bertz CT molecular complexity index is 409. The molecular weight excluding hydrogens is 232 g/mol. The lowest BCUT2D eigenvalue weighted by Gasteiger charge is -2.11. The highest BCUT2D eigenvalue weighted by molar-refractivity contribution is 6.30. The van der Waals surface area contributed by atoms with Gasteiger partial charge < -0.3 is 10.4 Å². The third-order valence-corrected chi connectivity index (χ3v) is 2.20. The molecule has 0 bridgehead atoms. The van der Waals surface area contributed by atoms with Crippen molar-refractivity contribution in [2.75, 3.05) is 0 Å². The summed E-state index contributed by atoms with van der Waals surface area (Å²) in [4.78, 5) is 26.1. The van der Waals surface area contributed by atoms with E-state index in [1.165, 1.54) is 18.3 Å². The molecule has 1 atom stereocenters. The number of hydrogen-bond acceptors (Lipinski definition) is 3. The van der Waals surface area contributed by atoms with Crippen LogP contribution in [0.4, 0.5) is 0 Å². The van der Waals surface area contributed by atoms with E-state index in [0.717, 1.165) is 0 Å². The molecule has 6 heteroatoms. The zero-order valence-electron chi connectivity index (χ0n) is 8.61. The van der Waals surface area contributed by atoms with E-state index >= 15 is 0 Å². The Balaban J connectivity index is 2.75. The number of aliphatic carboxylic acids is 1. The molecule has 1 aromatic heterocycles. The van der Waals surface area contributed by atoms with Gasteiger partial charge in [-0.3, -0.25) is 9.78 Å². The standard InChI is InChI=1S/C10H11ClN2O3/c1-2-7(10(15)16)13-9(14)8-5-6(11)3-4-12-8/h3-5,7H,2H2,1H3,(H,13,14)(H,15,16)/t7-/m1/s1. The number of carboxylic acids is 1. The van der Waals surface area contributed by atoms with Gasteiger partial charge in [0, 0.05) is 11.2 Å². The molecule has 86 valence electrons. The highest BCUT2D eigenvalue weighted by Gasteiger charge is 2.19. The maximum absolute atomic E-state index is 11.6. The first-order valence-electron chi connectivity index (χ1n) is 4.69. The average molecular weight is 243 g/mol. The number of carbonyl (C=O) groups is 2. The van der Waals surface area contributed by atoms with Crippen LogP contribution in [0.25, 0.3) is 0 Å². The normalized spacial score (nSPS) is 11.9. The van der Waals surface area contributed by atoms with E-state index in [1.54, 1.807) is 6.92 Å². The van der Waals surface area contributed by atoms with Gasteiger partial charge >= 0.3 is 5.97 Å². The highest BCUT2D eigenvalue weighted by atomic mass is 35.5. The molecule has 0 aliphatic rings. The van der Waals surface area contributed by atoms with E-state index in [1.807, 2.05) is 0 Å². The summed E-state index contributed by atoms with van der Waals surface area (Å²) in [5, 5.41) is 11.5. The number of pyridine rings is 1. The Morgan fingerprint density at radius 2 is 2.31 bits per heavy atom. The molecule has 0 spiro atoms. The van der Waals surface area contributed by atoms with Gasteiger partial charge in [-0.1, -0.05) is 18.5 Å². The number of rotatable bonds is 4. The summed E-state index contributed by atoms with van der Waals surface area (Å²) in [6, 6.07) is 2.01. The minimum atomic E-state index is -1.07. The number of nitrogens with zero attached hydrogens (tertiary/aromatic N) is 1. The molecule has 0 aliphatic carbocycles. The van der Waals surface area contributed by atoms with Crippen molar-refractivity contribution < 1.29 is 14.7 Å². The first-order valence-corrected chi connectivity index (χ1v) is 5.07. The van der Waals surface area contributed by atoms with Gasteiger partial charge in [-0.2, -0.15) is 0 Å². The first-order chi connectivity index (χ1) is 7.54. The van der Waals surface area contributed by atoms with Gasteiger partial charge in [-0.05, 0) is 18.6 Å². The van der Waals surface area contributed by atoms with Crippen LogP contribution in [0.1, 0.15) is 23.8 Å². The van der Waals surface area contributed by atoms with Gasteiger partial charge in [-0.15, -0.1) is 0 Å². The maximum Gasteiger partial charge on any atom is 0.326 e. The number of aromatic nitrogens is 1. The molecule has 1 aromatic rings. The third-order valence-electron chi connectivity index (χ3n) is 1.97. The molecule has 1 rings (SSSR count). The van der Waals surface area contributed by atoms with Crippen molar-refractivity contribution in [3.63, 3.8) is 0 Å². The summed E-state index contributed by atoms with van der Waals surface area (Å²) in [5.74, 6) is -1.62. The van der Waals surface area contributed by atoms with Crippen LogP contribution in [0.2, 0.25) is 5.02 Å². The van der Waals surface area contributed by atoms with Crippen molar-refractivity contribution in [3.05, 3.63) is 29.0 Å². The fourth-order valence-corrected chi connectivity index (χ4v) is 1.26. The predicted octanol–water partition coefficient (Wildman–Crippen LogP) is 1.33. The third kappa shape index (κ3) is 3.20. The molecule has 0 aliphatic heterocycles. The second-order valence-corrected chi connectivity index (χ2v) is 3.57. The van der Waals surface area contributed by atoms with Crippen molar-refractivity contribution >= 4 is 23.5 Å². The van der Waals surface area contributed by atoms with Gasteiger partial charge in [-0.25, -0.2) is 4.79 Å². The number of hydrogen-bond donors (Lipinski definition) is 2. The van der Waals surface area contributed by atoms with E-state index in [2.05, 4.69) is 10.3 Å². The summed E-state index contributed by atoms with van der Waals surface area (Å²) in [6.07, 6.45) is 1.70. The largest absolute Gasteiger partial charge is 0.480 e. The summed E-state index contributed by atoms with van der Waals surface area (Å²) >= 11 is 5.69. The number of halogens is 1. The summed E-state index contributed by atoms with van der Waals surface area (Å²) < 4.78 is 0. The lowest BCUT2D eigenvalue weighted by Crippen LogP contribution is -2.40. The second kappa shape index (κ2) is 5.46. The van der Waals surface area contributed by atoms with E-state index in [-0.39, 0.29) is 5.69 Å². The SMILES string of the molecule is CC[C@@H](NC(=O)c1cc(Cl)ccn1)C(=O)O. The van der Waals surface area contributed by atoms with Gasteiger partial charge in [0.15, 0.2) is 0 Å². The van der Waals surface area contributed by atoms with Crippen molar-refractivity contribution in [1.29, 1.82) is 0 Å². The van der Waals surface area contributed by atoms with E-state index < -0.39 is 17.9 Å². The predicted molar refractivity (Wildman–Crippen MR) is 58.4 cm³/mol. The van der Waals surface area contributed by atoms with Gasteiger partial charge in [0.25, 0.3) is 5.91 Å². The molecule has 0 unspecified atom stereocenters. The topological polar surface area (TPSA) is 79.3 Å². The van der Waals surface area contributed by atoms with Crippen molar-refractivity contribution in [2.45, 2.75) is 19.4 Å². The van der Waals surface area contributed by atoms with Crippen LogP contribution in [0, 0.1) is 0 Å². The van der Waals surface area contributed by atoms with Crippen LogP contribution >= 0.6 is 11.6 Å². The minimum absolute atomic E-state index is 0.104. The molecule has 0 aromatic carbocycles. The van der Waals surface area contributed by atoms with Crippen molar-refractivity contribution in [3.8, 4) is 0 Å². The lowest BCUT2D eigenvalue weighted by molar-refractivity contribution is -0.139. The summed E-state index contributed by atoms with van der Waals surface area (Å²) in [7, 11) is 0. The average Bonchev–Trinajstić information content (AvgIpc) is 2.25. The first kappa shape index (κ1) is 12.4. The van der Waals surface area contributed by atoms with Crippen molar-refractivity contribution in [2.24, 2.45) is 0 Å². The molecule has 0 saturated heterocycles. The fraction of sp³-hybridized carbons (Fsp3) is 0.300. The number of carbonyl (C=O) groups excluding carboxylic acids is 1. The van der Waals surface area contributed by atoms with Gasteiger partial charge in [0.05, 0.1) is 0 Å². The lowest BCUT2D eigenvalue weighted by atomic mass is 10.2. The van der Waals surface area contributed by atoms with E-state index in [0.29, 0.717) is 11.4 Å². The zero-order chi connectivity index (χ0) is 12.1. The highest BCUT2D eigenvalue weighted by Crippen LogP contribution is 2.08. The van der Waals surface area contributed by atoms with Gasteiger partial charge in [0.1, 0.15) is 11.7 Å². The van der Waals surface area contributed by atoms with Crippen LogP contribution < -0.4 is 5.32 Å². The van der Waals surface area contributed by atoms with Crippen LogP contribution in [0.5, 0.6) is 0 Å². The Kier molecular flexibility index (Phi) is 4.25. The molecule has 16 heavy (non-hydrogen) atoms. The Morgan fingerprint density at radius 1 is 1.62 bits per heavy atom. The van der Waals surface area contributed by atoms with Crippen molar-refractivity contribution in [1.82, 2.24) is 10.3 Å². The molecule has 2 N–H and O–H groups in total. The Hall–Kier alpha value is -1.62. The smallest absolute Gasteiger partial charge is 0.326 e. The van der Waals surface area contributed by atoms with E-state index in [9.17, 15) is 9.59 Å². The van der Waals surface area contributed by atoms with Crippen LogP contribution in [0.3, 0.4) is 0 Å². The summed E-state index contributed by atoms with van der Waals surface area (Å²) in [5.41, 5.74) is 0.104. The number of carboxylic acid groups (broad SMARTS) is 1. The Labute approximate surface area is 97.4 Å². The van der Waals surface area contributed by atoms with Crippen LogP contribution in [0.15, 0.2) is 18.3 Å². The quantitative estimate of drug-likeness (QED) is 0.835. The molecule has 0 fully saturated rings. The number of nitrogens with one attached hydrogen (secondary N) is 1. The maximum atomic E-state index is 11.6. The Morgan fingerprint density at radius 3 is 2.81 bits per heavy atom. The fourth-order valence-electron chi connectivity index (χ4n) is 1.10. The molecule has 1 amide bonds. The molecule has 0 radical (unpaired) electrons. The molecule has 0 saturated carbocycles. The monoisotopic (exact) mass is 242 g/mol. The van der Waals surface area contributed by atoms with Crippen LogP contribution in [-0.2, 0) is 4.79 Å².